The van der Waals surface area contributed by atoms with Crippen LogP contribution in [-0.4, -0.2) is 21.2 Å². The van der Waals surface area contributed by atoms with Crippen LogP contribution in [-0.2, 0) is 4.43 Å². The summed E-state index contributed by atoms with van der Waals surface area (Å²) in [6.07, 6.45) is 0.0827. The van der Waals surface area contributed by atoms with Gasteiger partial charge in [0.05, 0.1) is 0 Å². The molecule has 0 aliphatic rings. The Morgan fingerprint density at radius 1 is 1.43 bits per heavy atom. The molecule has 0 amide bonds. The van der Waals surface area contributed by atoms with Gasteiger partial charge in [0.1, 0.15) is 6.29 Å². The summed E-state index contributed by atoms with van der Waals surface area (Å²) in [4.78, 5) is 0. The summed E-state index contributed by atoms with van der Waals surface area (Å²) in [7, 11) is -0.770. The molecule has 0 spiro atoms. The zero-order valence-corrected chi connectivity index (χ0v) is 10.5. The first kappa shape index (κ1) is 11.4. The molecule has 0 heterocycles. The predicted octanol–water partition coefficient (Wildman–Crippen LogP) is 0.758. The summed E-state index contributed by atoms with van der Waals surface area (Å²) in [6.45, 7) is 6.13. The van der Waals surface area contributed by atoms with Gasteiger partial charge in [0.2, 0.25) is 0 Å². The third-order valence-electron chi connectivity index (χ3n) is 2.50. The van der Waals surface area contributed by atoms with E-state index < -0.39 is 16.1 Å². The highest BCUT2D eigenvalue weighted by atomic mass is 28.2. The van der Waals surface area contributed by atoms with Gasteiger partial charge in [0.15, 0.2) is 9.76 Å². The van der Waals surface area contributed by atoms with E-state index in [-0.39, 0.29) is 0 Å². The number of aryl methyl sites for hydroxylation is 1. The maximum Gasteiger partial charge on any atom is 0.195 e. The SMILES string of the molecule is CCC(O)O[SiH2]c1cccc(C)c1C. The third-order valence-corrected chi connectivity index (χ3v) is 4.13. The number of aliphatic hydroxyl groups excluding tert-OH is 1. The third kappa shape index (κ3) is 2.94. The molecule has 0 aromatic heterocycles. The minimum absolute atomic E-state index is 0.582. The quantitative estimate of drug-likeness (QED) is 0.587. The molecule has 1 rings (SSSR count). The van der Waals surface area contributed by atoms with Crippen molar-refractivity contribution in [2.45, 2.75) is 33.5 Å². The van der Waals surface area contributed by atoms with E-state index in [9.17, 15) is 5.11 Å². The Balaban J connectivity index is 2.63. The lowest BCUT2D eigenvalue weighted by Crippen LogP contribution is -2.25. The monoisotopic (exact) mass is 210 g/mol. The second-order valence-corrected chi connectivity index (χ2v) is 4.92. The molecule has 2 nitrogen and oxygen atoms in total. The van der Waals surface area contributed by atoms with Crippen LogP contribution in [0, 0.1) is 13.8 Å². The minimum Gasteiger partial charge on any atom is -0.394 e. The predicted molar refractivity (Wildman–Crippen MR) is 61.5 cm³/mol. The molecule has 1 unspecified atom stereocenters. The van der Waals surface area contributed by atoms with Gasteiger partial charge < -0.3 is 9.53 Å². The fraction of sp³-hybridized carbons (Fsp3) is 0.455. The number of rotatable bonds is 4. The topological polar surface area (TPSA) is 29.5 Å². The average Bonchev–Trinajstić information content (AvgIpc) is 2.20. The van der Waals surface area contributed by atoms with Crippen LogP contribution >= 0.6 is 0 Å². The maximum absolute atomic E-state index is 9.29. The Kier molecular flexibility index (Phi) is 4.32. The first-order valence-electron chi connectivity index (χ1n) is 5.00. The van der Waals surface area contributed by atoms with Gasteiger partial charge in [0.25, 0.3) is 0 Å². The van der Waals surface area contributed by atoms with Crippen LogP contribution in [0.2, 0.25) is 0 Å². The Morgan fingerprint density at radius 3 is 2.79 bits per heavy atom. The van der Waals surface area contributed by atoms with Crippen LogP contribution in [0.5, 0.6) is 0 Å². The fourth-order valence-corrected chi connectivity index (χ4v) is 2.61. The Bertz CT molecular complexity index is 299. The standard InChI is InChI=1S/C11H18O2Si/c1-4-11(12)13-14-10-7-5-6-8(2)9(10)3/h5-7,11-12H,4,14H2,1-3H3. The largest absolute Gasteiger partial charge is 0.394 e. The van der Waals surface area contributed by atoms with Crippen molar-refractivity contribution in [3.8, 4) is 0 Å². The number of benzene rings is 1. The van der Waals surface area contributed by atoms with Crippen molar-refractivity contribution in [3.05, 3.63) is 29.3 Å². The van der Waals surface area contributed by atoms with E-state index in [1.807, 2.05) is 13.0 Å². The van der Waals surface area contributed by atoms with Crippen molar-refractivity contribution in [2.24, 2.45) is 0 Å². The molecule has 0 radical (unpaired) electrons. The van der Waals surface area contributed by atoms with E-state index in [4.69, 9.17) is 4.43 Å². The highest BCUT2D eigenvalue weighted by molar-refractivity contribution is 6.47. The Labute approximate surface area is 87.9 Å². The van der Waals surface area contributed by atoms with Gasteiger partial charge in [0, 0.05) is 0 Å². The van der Waals surface area contributed by atoms with E-state index in [1.54, 1.807) is 0 Å². The van der Waals surface area contributed by atoms with Gasteiger partial charge in [-0.25, -0.2) is 0 Å². The average molecular weight is 210 g/mol. The fourth-order valence-electron chi connectivity index (χ4n) is 1.27. The van der Waals surface area contributed by atoms with Crippen molar-refractivity contribution >= 4 is 14.9 Å². The Morgan fingerprint density at radius 2 is 2.14 bits per heavy atom. The number of aliphatic hydroxyl groups is 1. The molecular formula is C11H18O2Si. The van der Waals surface area contributed by atoms with Gasteiger partial charge in [-0.05, 0) is 36.6 Å². The minimum atomic E-state index is -0.770. The zero-order chi connectivity index (χ0) is 10.6. The van der Waals surface area contributed by atoms with Gasteiger partial charge in [-0.3, -0.25) is 0 Å². The molecule has 0 bridgehead atoms. The second-order valence-electron chi connectivity index (χ2n) is 3.53. The molecule has 3 heteroatoms. The van der Waals surface area contributed by atoms with Crippen LogP contribution < -0.4 is 5.19 Å². The molecule has 0 aliphatic carbocycles. The van der Waals surface area contributed by atoms with Crippen molar-refractivity contribution in [3.63, 3.8) is 0 Å². The lowest BCUT2D eigenvalue weighted by atomic mass is 10.1. The van der Waals surface area contributed by atoms with E-state index >= 15 is 0 Å². The molecule has 0 saturated heterocycles. The first-order chi connectivity index (χ1) is 6.65. The van der Waals surface area contributed by atoms with Crippen LogP contribution in [0.4, 0.5) is 0 Å². The molecule has 1 N–H and O–H groups in total. The maximum atomic E-state index is 9.29. The molecule has 0 aliphatic heterocycles. The van der Waals surface area contributed by atoms with Crippen LogP contribution in [0.15, 0.2) is 18.2 Å². The summed E-state index contributed by atoms with van der Waals surface area (Å²) < 4.78 is 5.41. The number of hydrogen-bond donors (Lipinski definition) is 1. The summed E-state index contributed by atoms with van der Waals surface area (Å²) in [5.74, 6) is 0. The van der Waals surface area contributed by atoms with Crippen molar-refractivity contribution < 1.29 is 9.53 Å². The van der Waals surface area contributed by atoms with Crippen LogP contribution in [0.3, 0.4) is 0 Å². The van der Waals surface area contributed by atoms with E-state index in [0.29, 0.717) is 6.42 Å². The molecule has 1 atom stereocenters. The first-order valence-corrected chi connectivity index (χ1v) is 6.28. The molecule has 0 saturated carbocycles. The highest BCUT2D eigenvalue weighted by Gasteiger charge is 2.04. The Hall–Kier alpha value is -0.643. The van der Waals surface area contributed by atoms with Crippen molar-refractivity contribution in [1.82, 2.24) is 0 Å². The summed E-state index contributed by atoms with van der Waals surface area (Å²) in [6, 6.07) is 6.24. The summed E-state index contributed by atoms with van der Waals surface area (Å²) in [5.41, 5.74) is 2.60. The van der Waals surface area contributed by atoms with Gasteiger partial charge in [-0.15, -0.1) is 0 Å². The number of hydrogen-bond acceptors (Lipinski definition) is 2. The van der Waals surface area contributed by atoms with E-state index in [1.165, 1.54) is 16.3 Å². The van der Waals surface area contributed by atoms with E-state index in [0.717, 1.165) is 0 Å². The smallest absolute Gasteiger partial charge is 0.195 e. The molecule has 14 heavy (non-hydrogen) atoms. The zero-order valence-electron chi connectivity index (χ0n) is 9.08. The lowest BCUT2D eigenvalue weighted by molar-refractivity contribution is -0.0157. The van der Waals surface area contributed by atoms with Crippen molar-refractivity contribution in [2.75, 3.05) is 0 Å². The highest BCUT2D eigenvalue weighted by Crippen LogP contribution is 2.02. The van der Waals surface area contributed by atoms with Crippen LogP contribution in [0.25, 0.3) is 0 Å². The summed E-state index contributed by atoms with van der Waals surface area (Å²) in [5, 5.41) is 10.6. The van der Waals surface area contributed by atoms with Gasteiger partial charge >= 0.3 is 0 Å². The van der Waals surface area contributed by atoms with Gasteiger partial charge in [-0.1, -0.05) is 25.1 Å². The van der Waals surface area contributed by atoms with E-state index in [2.05, 4.69) is 26.0 Å². The normalized spacial score (nSPS) is 13.7. The second kappa shape index (κ2) is 5.29. The summed E-state index contributed by atoms with van der Waals surface area (Å²) >= 11 is 0. The van der Waals surface area contributed by atoms with Crippen molar-refractivity contribution in [1.29, 1.82) is 0 Å². The molecule has 78 valence electrons. The molecular weight excluding hydrogens is 192 g/mol. The molecule has 1 aromatic rings. The van der Waals surface area contributed by atoms with Crippen LogP contribution in [0.1, 0.15) is 24.5 Å². The van der Waals surface area contributed by atoms with Gasteiger partial charge in [-0.2, -0.15) is 0 Å². The molecule has 1 aromatic carbocycles. The molecule has 0 fully saturated rings. The lowest BCUT2D eigenvalue weighted by Gasteiger charge is -2.12.